The fraction of sp³-hybridized carbons (Fsp3) is 0.440. The summed E-state index contributed by atoms with van der Waals surface area (Å²) >= 11 is 6.00. The number of nitrogens with zero attached hydrogens (tertiary/aromatic N) is 1. The molecular formula is C25H30ClF3N2O7S. The van der Waals surface area contributed by atoms with Crippen molar-refractivity contribution in [3.63, 3.8) is 0 Å². The summed E-state index contributed by atoms with van der Waals surface area (Å²) in [6, 6.07) is 5.13. The standard InChI is InChI=1S/C25H30ClF3N2O7S/c1-4-5-6-12-39(33,34)31-23(32)22(36-3)13-17-8-9-19(37-11-7-10-35-2)15-21(17)38-24-20(26)14-18(16-30-24)25(27,28)29/h8-9,13-16H,4-7,10-12H2,1-3H3,(H,31,32). The molecule has 14 heteroatoms. The van der Waals surface area contributed by atoms with Crippen molar-refractivity contribution in [2.45, 2.75) is 38.8 Å². The highest BCUT2D eigenvalue weighted by atomic mass is 35.5. The highest BCUT2D eigenvalue weighted by Crippen LogP contribution is 2.37. The Hall–Kier alpha value is -3.03. The molecule has 0 aliphatic rings. The maximum Gasteiger partial charge on any atom is 0.417 e. The molecule has 1 aromatic carbocycles. The first-order valence-corrected chi connectivity index (χ1v) is 13.9. The number of ether oxygens (including phenoxy) is 4. The van der Waals surface area contributed by atoms with Crippen LogP contribution in [0.1, 0.15) is 43.7 Å². The molecule has 0 saturated heterocycles. The summed E-state index contributed by atoms with van der Waals surface area (Å²) in [5, 5.41) is -0.408. The minimum Gasteiger partial charge on any atom is -0.493 e. The number of rotatable bonds is 15. The number of hydrogen-bond donors (Lipinski definition) is 1. The molecule has 1 heterocycles. The van der Waals surface area contributed by atoms with Gasteiger partial charge in [-0.25, -0.2) is 18.1 Å². The number of alkyl halides is 3. The van der Waals surface area contributed by atoms with Gasteiger partial charge in [0.25, 0.3) is 5.91 Å². The largest absolute Gasteiger partial charge is 0.493 e. The molecule has 0 aliphatic heterocycles. The van der Waals surface area contributed by atoms with Gasteiger partial charge in [-0.15, -0.1) is 0 Å². The third-order valence-corrected chi connectivity index (χ3v) is 6.68. The van der Waals surface area contributed by atoms with E-state index in [0.717, 1.165) is 6.42 Å². The molecule has 0 spiro atoms. The van der Waals surface area contributed by atoms with Gasteiger partial charge in [0, 0.05) is 38.0 Å². The van der Waals surface area contributed by atoms with Crippen LogP contribution in [-0.2, 0) is 30.5 Å². The Labute approximate surface area is 230 Å². The van der Waals surface area contributed by atoms with Gasteiger partial charge in [0.05, 0.1) is 25.0 Å². The van der Waals surface area contributed by atoms with Crippen LogP contribution in [-0.4, -0.2) is 52.5 Å². The van der Waals surface area contributed by atoms with Crippen LogP contribution in [0, 0.1) is 0 Å². The Kier molecular flexibility index (Phi) is 12.3. The number of unbranched alkanes of at least 4 members (excludes halogenated alkanes) is 2. The van der Waals surface area contributed by atoms with E-state index in [9.17, 15) is 26.4 Å². The van der Waals surface area contributed by atoms with Crippen LogP contribution in [0.3, 0.4) is 0 Å². The zero-order chi connectivity index (χ0) is 29.1. The predicted molar refractivity (Wildman–Crippen MR) is 139 cm³/mol. The molecule has 216 valence electrons. The van der Waals surface area contributed by atoms with E-state index >= 15 is 0 Å². The monoisotopic (exact) mass is 594 g/mol. The van der Waals surface area contributed by atoms with Crippen LogP contribution in [0.2, 0.25) is 5.02 Å². The Balaban J connectivity index is 2.40. The van der Waals surface area contributed by atoms with Crippen molar-refractivity contribution in [1.29, 1.82) is 0 Å². The third kappa shape index (κ3) is 10.6. The van der Waals surface area contributed by atoms with Gasteiger partial charge in [0.2, 0.25) is 15.9 Å². The van der Waals surface area contributed by atoms with Crippen LogP contribution in [0.15, 0.2) is 36.2 Å². The van der Waals surface area contributed by atoms with Crippen molar-refractivity contribution >= 4 is 33.6 Å². The van der Waals surface area contributed by atoms with Crippen molar-refractivity contribution < 1.29 is 45.3 Å². The van der Waals surface area contributed by atoms with Crippen molar-refractivity contribution in [3.8, 4) is 17.4 Å². The third-order valence-electron chi connectivity index (χ3n) is 5.08. The van der Waals surface area contributed by atoms with E-state index in [1.165, 1.54) is 25.3 Å². The molecule has 2 aromatic rings. The van der Waals surface area contributed by atoms with Crippen LogP contribution < -0.4 is 14.2 Å². The highest BCUT2D eigenvalue weighted by Gasteiger charge is 2.32. The number of benzene rings is 1. The summed E-state index contributed by atoms with van der Waals surface area (Å²) in [4.78, 5) is 16.3. The smallest absolute Gasteiger partial charge is 0.417 e. The fourth-order valence-electron chi connectivity index (χ4n) is 3.11. The van der Waals surface area contributed by atoms with Gasteiger partial charge in [-0.3, -0.25) is 4.79 Å². The molecule has 39 heavy (non-hydrogen) atoms. The number of nitrogens with one attached hydrogen (secondary N) is 1. The second-order valence-corrected chi connectivity index (χ2v) is 10.4. The van der Waals surface area contributed by atoms with Crippen molar-refractivity contribution in [1.82, 2.24) is 9.71 Å². The van der Waals surface area contributed by atoms with Crippen LogP contribution in [0.25, 0.3) is 6.08 Å². The molecular weight excluding hydrogens is 565 g/mol. The van der Waals surface area contributed by atoms with Crippen molar-refractivity contribution in [2.24, 2.45) is 0 Å². The molecule has 0 bridgehead atoms. The minimum absolute atomic E-state index is 0.00144. The number of sulfonamides is 1. The average molecular weight is 595 g/mol. The summed E-state index contributed by atoms with van der Waals surface area (Å²) in [5.41, 5.74) is -0.860. The SMILES string of the molecule is CCCCCS(=O)(=O)NC(=O)C(=Cc1ccc(OCCCOC)cc1Oc1ncc(C(F)(F)F)cc1Cl)OC. The van der Waals surface area contributed by atoms with Gasteiger partial charge < -0.3 is 18.9 Å². The highest BCUT2D eigenvalue weighted by molar-refractivity contribution is 7.90. The number of hydrogen-bond acceptors (Lipinski definition) is 8. The first kappa shape index (κ1) is 32.2. The zero-order valence-electron chi connectivity index (χ0n) is 21.6. The molecule has 0 aliphatic carbocycles. The summed E-state index contributed by atoms with van der Waals surface area (Å²) in [6.45, 7) is 2.67. The van der Waals surface area contributed by atoms with E-state index in [1.54, 1.807) is 13.2 Å². The van der Waals surface area contributed by atoms with Gasteiger partial charge in [0.1, 0.15) is 16.5 Å². The van der Waals surface area contributed by atoms with E-state index in [0.29, 0.717) is 50.5 Å². The number of aromatic nitrogens is 1. The molecule has 0 radical (unpaired) electrons. The predicted octanol–water partition coefficient (Wildman–Crippen LogP) is 5.58. The normalized spacial score (nSPS) is 12.2. The lowest BCUT2D eigenvalue weighted by Crippen LogP contribution is -2.34. The molecule has 0 unspecified atom stereocenters. The molecule has 0 saturated carbocycles. The van der Waals surface area contributed by atoms with Crippen LogP contribution in [0.5, 0.6) is 17.4 Å². The summed E-state index contributed by atoms with van der Waals surface area (Å²) in [7, 11) is -1.18. The molecule has 0 fully saturated rings. The van der Waals surface area contributed by atoms with Gasteiger partial charge in [-0.1, -0.05) is 31.4 Å². The first-order valence-electron chi connectivity index (χ1n) is 11.9. The second-order valence-electron chi connectivity index (χ2n) is 8.18. The Morgan fingerprint density at radius 3 is 2.49 bits per heavy atom. The number of pyridine rings is 1. The Morgan fingerprint density at radius 2 is 1.87 bits per heavy atom. The molecule has 1 N–H and O–H groups in total. The molecule has 0 atom stereocenters. The number of carbonyl (C=O) groups is 1. The van der Waals surface area contributed by atoms with Gasteiger partial charge in [-0.2, -0.15) is 13.2 Å². The lowest BCUT2D eigenvalue weighted by atomic mass is 10.1. The number of carbonyl (C=O) groups excluding carboxylic acids is 1. The molecule has 9 nitrogen and oxygen atoms in total. The van der Waals surface area contributed by atoms with Crippen LogP contribution >= 0.6 is 11.6 Å². The second kappa shape index (κ2) is 14.9. The number of halogens is 4. The van der Waals surface area contributed by atoms with E-state index in [1.807, 2.05) is 11.6 Å². The topological polar surface area (TPSA) is 113 Å². The van der Waals surface area contributed by atoms with Crippen LogP contribution in [0.4, 0.5) is 13.2 Å². The zero-order valence-corrected chi connectivity index (χ0v) is 23.2. The maximum absolute atomic E-state index is 13.0. The van der Waals surface area contributed by atoms with Gasteiger partial charge in [-0.05, 0) is 30.7 Å². The Morgan fingerprint density at radius 1 is 1.13 bits per heavy atom. The minimum atomic E-state index is -4.66. The summed E-state index contributed by atoms with van der Waals surface area (Å²) in [6.07, 6.45) is -0.422. The number of amides is 1. The van der Waals surface area contributed by atoms with Gasteiger partial charge >= 0.3 is 6.18 Å². The quantitative estimate of drug-likeness (QED) is 0.161. The molecule has 1 aromatic heterocycles. The van der Waals surface area contributed by atoms with Crippen molar-refractivity contribution in [3.05, 3.63) is 52.4 Å². The lowest BCUT2D eigenvalue weighted by molar-refractivity contribution is -0.137. The summed E-state index contributed by atoms with van der Waals surface area (Å²) < 4.78 is 87.0. The fourth-order valence-corrected chi connectivity index (χ4v) is 4.38. The molecule has 1 amide bonds. The van der Waals surface area contributed by atoms with E-state index in [4.69, 9.17) is 30.5 Å². The van der Waals surface area contributed by atoms with Crippen molar-refractivity contribution in [2.75, 3.05) is 33.2 Å². The Bertz CT molecular complexity index is 1250. The maximum atomic E-state index is 13.0. The lowest BCUT2D eigenvalue weighted by Gasteiger charge is -2.14. The van der Waals surface area contributed by atoms with E-state index < -0.39 is 32.7 Å². The van der Waals surface area contributed by atoms with E-state index in [2.05, 4.69) is 4.98 Å². The molecule has 2 rings (SSSR count). The van der Waals surface area contributed by atoms with E-state index in [-0.39, 0.29) is 28.7 Å². The average Bonchev–Trinajstić information content (AvgIpc) is 2.86. The summed E-state index contributed by atoms with van der Waals surface area (Å²) in [5.74, 6) is -1.60. The number of methoxy groups -OCH3 is 2. The van der Waals surface area contributed by atoms with Gasteiger partial charge in [0.15, 0.2) is 5.76 Å². The first-order chi connectivity index (χ1) is 18.4.